The number of ether oxygens (including phenoxy) is 6. The highest BCUT2D eigenvalue weighted by molar-refractivity contribution is 5.92. The summed E-state index contributed by atoms with van der Waals surface area (Å²) in [4.78, 5) is 4.27. The Morgan fingerprint density at radius 1 is 0.330 bits per heavy atom. The molecule has 498 valence electrons. The fraction of sp³-hybridized carbons (Fsp3) is 0.156. The van der Waals surface area contributed by atoms with Gasteiger partial charge in [-0.3, -0.25) is 0 Å². The number of fused-ring (bicyclic) bond motifs is 6. The van der Waals surface area contributed by atoms with Crippen molar-refractivity contribution >= 4 is 34.1 Å². The zero-order chi connectivity index (χ0) is 68.7. The van der Waals surface area contributed by atoms with Crippen LogP contribution in [0.2, 0.25) is 0 Å². The minimum Gasteiger partial charge on any atom is -0.491 e. The van der Waals surface area contributed by atoms with E-state index in [4.69, 9.17) is 28.4 Å². The minimum absolute atomic E-state index is 0.304. The van der Waals surface area contributed by atoms with Crippen LogP contribution in [0, 0.1) is 25.5 Å². The van der Waals surface area contributed by atoms with Gasteiger partial charge in [0, 0.05) is 47.3 Å². The lowest BCUT2D eigenvalue weighted by Crippen LogP contribution is -2.29. The van der Waals surface area contributed by atoms with E-state index in [1.807, 2.05) is 86.6 Å². The largest absolute Gasteiger partial charge is 0.491 e. The third-order valence-corrected chi connectivity index (χ3v) is 19.3. The molecule has 0 aromatic heterocycles. The molecule has 10 heteroatoms. The van der Waals surface area contributed by atoms with Crippen molar-refractivity contribution in [2.24, 2.45) is 0 Å². The van der Waals surface area contributed by atoms with Crippen LogP contribution in [-0.2, 0) is 20.3 Å². The maximum absolute atomic E-state index is 16.1. The van der Waals surface area contributed by atoms with Gasteiger partial charge in [0.1, 0.15) is 61.1 Å². The Kier molecular flexibility index (Phi) is 19.1. The van der Waals surface area contributed by atoms with Crippen molar-refractivity contribution < 1.29 is 37.2 Å². The highest BCUT2D eigenvalue weighted by atomic mass is 19.1. The zero-order valence-corrected chi connectivity index (χ0v) is 56.7. The Hall–Kier alpha value is -11.3. The van der Waals surface area contributed by atoms with E-state index in [9.17, 15) is 0 Å². The van der Waals surface area contributed by atoms with Crippen molar-refractivity contribution in [3.63, 3.8) is 0 Å². The van der Waals surface area contributed by atoms with E-state index in [0.717, 1.165) is 124 Å². The standard InChI is InChI=1S/C90H78F2N2O6/c1-7-51-97-75-41-25-65(26-42-75)89(67-29-45-77(46-30-67)99-55-53-95-9-3)83-17-13-11-15-79(83)81-49-39-71(57-85(81)89)93(73-33-19-61(5)87(91)59-73)69-35-21-63(22-36-69)64-23-37-70(38-24-64)94(74-34-20-62(6)88(92)60-74)72-40-50-82-80-16-12-14-18-84(80)90(86(82)58-72,66-27-43-76(44-28-66)98-52-8-2)68-31-47-78(48-32-68)100-56-54-96-10-4/h7-8,11-50,57-60H,1-2,9-10,51-56H2,3-6H3. The van der Waals surface area contributed by atoms with Crippen LogP contribution < -0.4 is 28.7 Å². The van der Waals surface area contributed by atoms with E-state index in [0.29, 0.717) is 75.4 Å². The molecular formula is C90H78F2N2O6. The highest BCUT2D eigenvalue weighted by Gasteiger charge is 2.48. The Bertz CT molecular complexity index is 4590. The normalized spacial score (nSPS) is 14.7. The Labute approximate surface area is 585 Å². The molecule has 0 amide bonds. The predicted octanol–water partition coefficient (Wildman–Crippen LogP) is 21.9. The van der Waals surface area contributed by atoms with Crippen LogP contribution in [0.15, 0.2) is 292 Å². The van der Waals surface area contributed by atoms with Crippen LogP contribution in [0.5, 0.6) is 23.0 Å². The molecule has 0 saturated carbocycles. The van der Waals surface area contributed by atoms with Gasteiger partial charge in [0.2, 0.25) is 0 Å². The number of rotatable bonds is 27. The number of nitrogens with zero attached hydrogens (tertiary/aromatic N) is 2. The lowest BCUT2D eigenvalue weighted by atomic mass is 9.67. The van der Waals surface area contributed by atoms with Crippen LogP contribution >= 0.6 is 0 Å². The summed E-state index contributed by atoms with van der Waals surface area (Å²) in [6.45, 7) is 19.1. The first-order valence-corrected chi connectivity index (χ1v) is 34.2. The van der Waals surface area contributed by atoms with Gasteiger partial charge in [0.25, 0.3) is 0 Å². The average Bonchev–Trinajstić information content (AvgIpc) is 1.54. The molecule has 0 N–H and O–H groups in total. The quantitative estimate of drug-likeness (QED) is 0.0373. The molecule has 12 aromatic rings. The number of aryl methyl sites for hydroxylation is 2. The fourth-order valence-electron chi connectivity index (χ4n) is 14.6. The molecular weight excluding hydrogens is 1240 g/mol. The van der Waals surface area contributed by atoms with E-state index >= 15 is 8.78 Å². The molecule has 2 unspecified atom stereocenters. The average molecular weight is 1320 g/mol. The Morgan fingerprint density at radius 3 is 0.980 bits per heavy atom. The highest BCUT2D eigenvalue weighted by Crippen LogP contribution is 2.60. The summed E-state index contributed by atoms with van der Waals surface area (Å²) in [6, 6.07) is 91.8. The van der Waals surface area contributed by atoms with Crippen LogP contribution in [0.4, 0.5) is 42.9 Å². The number of hydrogen-bond acceptors (Lipinski definition) is 8. The number of anilines is 6. The van der Waals surface area contributed by atoms with E-state index < -0.39 is 10.8 Å². The molecule has 0 saturated heterocycles. The van der Waals surface area contributed by atoms with E-state index in [-0.39, 0.29) is 11.6 Å². The Balaban J connectivity index is 0.850. The van der Waals surface area contributed by atoms with Crippen molar-refractivity contribution in [3.8, 4) is 56.4 Å². The van der Waals surface area contributed by atoms with Gasteiger partial charge in [-0.1, -0.05) is 171 Å². The number of halogens is 2. The fourth-order valence-corrected chi connectivity index (χ4v) is 14.6. The van der Waals surface area contributed by atoms with Crippen molar-refractivity contribution in [2.75, 3.05) is 62.7 Å². The second-order valence-electron chi connectivity index (χ2n) is 25.1. The maximum Gasteiger partial charge on any atom is 0.128 e. The van der Waals surface area contributed by atoms with E-state index in [1.54, 1.807) is 38.1 Å². The summed E-state index contributed by atoms with van der Waals surface area (Å²) in [5.41, 5.74) is 19.2. The van der Waals surface area contributed by atoms with Crippen molar-refractivity contribution in [1.29, 1.82) is 0 Å². The van der Waals surface area contributed by atoms with Gasteiger partial charge in [-0.2, -0.15) is 0 Å². The van der Waals surface area contributed by atoms with Crippen LogP contribution in [0.3, 0.4) is 0 Å². The summed E-state index contributed by atoms with van der Waals surface area (Å²) >= 11 is 0. The zero-order valence-electron chi connectivity index (χ0n) is 56.7. The monoisotopic (exact) mass is 1320 g/mol. The summed E-state index contributed by atoms with van der Waals surface area (Å²) in [7, 11) is 0. The number of hydrogen-bond donors (Lipinski definition) is 0. The molecule has 0 bridgehead atoms. The summed E-state index contributed by atoms with van der Waals surface area (Å²) < 4.78 is 67.9. The third kappa shape index (κ3) is 12.4. The minimum atomic E-state index is -0.801. The molecule has 0 fully saturated rings. The molecule has 14 rings (SSSR count). The summed E-state index contributed by atoms with van der Waals surface area (Å²) in [6.07, 6.45) is 3.49. The second kappa shape index (κ2) is 29.0. The lowest BCUT2D eigenvalue weighted by molar-refractivity contribution is 0.110. The first kappa shape index (κ1) is 66.0. The van der Waals surface area contributed by atoms with Crippen LogP contribution in [-0.4, -0.2) is 52.9 Å². The third-order valence-electron chi connectivity index (χ3n) is 19.3. The lowest BCUT2D eigenvalue weighted by Gasteiger charge is -2.35. The van der Waals surface area contributed by atoms with Gasteiger partial charge in [0.05, 0.1) is 24.0 Å². The molecule has 2 aliphatic carbocycles. The topological polar surface area (TPSA) is 61.9 Å². The SMILES string of the molecule is C=CCOc1ccc(C2(c3ccc(OCCOCC)cc3)c3ccccc3-c3ccc(N(c4ccc(-c5ccc(N(c6ccc(C)c(F)c6)c6ccc7c(c6)C(c6ccc(OCC=C)cc6)(c6ccc(OCCOCC)cc6)c6ccccc6-7)cc5)cc4)c4ccc(C)c(F)c4)cc32)cc1. The molecule has 2 aliphatic rings. The van der Waals surface area contributed by atoms with Crippen molar-refractivity contribution in [1.82, 2.24) is 0 Å². The first-order valence-electron chi connectivity index (χ1n) is 34.2. The predicted molar refractivity (Wildman–Crippen MR) is 401 cm³/mol. The smallest absolute Gasteiger partial charge is 0.128 e. The van der Waals surface area contributed by atoms with Gasteiger partial charge in [0.15, 0.2) is 0 Å². The summed E-state index contributed by atoms with van der Waals surface area (Å²) in [5.74, 6) is 2.37. The molecule has 0 aliphatic heterocycles. The van der Waals surface area contributed by atoms with E-state index in [2.05, 4.69) is 205 Å². The molecule has 8 nitrogen and oxygen atoms in total. The van der Waals surface area contributed by atoms with E-state index in [1.165, 1.54) is 0 Å². The first-order chi connectivity index (χ1) is 49.0. The van der Waals surface area contributed by atoms with Gasteiger partial charge < -0.3 is 38.2 Å². The van der Waals surface area contributed by atoms with Gasteiger partial charge in [-0.25, -0.2) is 8.78 Å². The van der Waals surface area contributed by atoms with Gasteiger partial charge >= 0.3 is 0 Å². The number of benzene rings is 12. The molecule has 12 aromatic carbocycles. The van der Waals surface area contributed by atoms with Crippen molar-refractivity contribution in [2.45, 2.75) is 38.5 Å². The maximum atomic E-state index is 16.1. The second-order valence-corrected chi connectivity index (χ2v) is 25.1. The summed E-state index contributed by atoms with van der Waals surface area (Å²) in [5, 5.41) is 0. The molecule has 100 heavy (non-hydrogen) atoms. The van der Waals surface area contributed by atoms with Gasteiger partial charge in [-0.05, 0) is 238 Å². The molecule has 0 spiro atoms. The van der Waals surface area contributed by atoms with Crippen LogP contribution in [0.1, 0.15) is 69.5 Å². The van der Waals surface area contributed by atoms with Crippen molar-refractivity contribution in [3.05, 3.63) is 359 Å². The van der Waals surface area contributed by atoms with Crippen LogP contribution in [0.25, 0.3) is 33.4 Å². The molecule has 0 heterocycles. The van der Waals surface area contributed by atoms with Gasteiger partial charge in [-0.15, -0.1) is 0 Å². The molecule has 0 radical (unpaired) electrons. The molecule has 2 atom stereocenters. The Morgan fingerprint density at radius 2 is 0.640 bits per heavy atom.